The summed E-state index contributed by atoms with van der Waals surface area (Å²) in [6.45, 7) is 5.73. The molecule has 2 heterocycles. The van der Waals surface area contributed by atoms with Gasteiger partial charge in [-0.2, -0.15) is 0 Å². The van der Waals surface area contributed by atoms with Crippen molar-refractivity contribution < 1.29 is 4.52 Å². The topological polar surface area (TPSA) is 91.1 Å². The van der Waals surface area contributed by atoms with Crippen molar-refractivity contribution in [2.45, 2.75) is 52.0 Å². The van der Waals surface area contributed by atoms with Gasteiger partial charge in [-0.25, -0.2) is 4.98 Å². The molecule has 0 saturated carbocycles. The molecule has 0 saturated heterocycles. The minimum atomic E-state index is 0. The van der Waals surface area contributed by atoms with Gasteiger partial charge < -0.3 is 20.1 Å². The van der Waals surface area contributed by atoms with Crippen LogP contribution in [-0.4, -0.2) is 34.7 Å². The molecule has 0 aliphatic rings. The smallest absolute Gasteiger partial charge is 0.191 e. The first kappa shape index (κ1) is 23.2. The van der Waals surface area contributed by atoms with Crippen LogP contribution in [0.5, 0.6) is 0 Å². The van der Waals surface area contributed by atoms with Crippen molar-refractivity contribution in [1.29, 1.82) is 0 Å². The lowest BCUT2D eigenvalue weighted by Crippen LogP contribution is -2.37. The summed E-state index contributed by atoms with van der Waals surface area (Å²) in [6.07, 6.45) is 4.00. The minimum Gasteiger partial charge on any atom is -0.359 e. The summed E-state index contributed by atoms with van der Waals surface area (Å²) in [5, 5.41) is 10.8. The molecular formula is C21H31IN6O. The van der Waals surface area contributed by atoms with Gasteiger partial charge in [0, 0.05) is 32.0 Å². The van der Waals surface area contributed by atoms with E-state index in [1.165, 1.54) is 0 Å². The van der Waals surface area contributed by atoms with Crippen molar-refractivity contribution >= 4 is 41.0 Å². The average molecular weight is 510 g/mol. The van der Waals surface area contributed by atoms with Gasteiger partial charge in [-0.15, -0.1) is 24.0 Å². The van der Waals surface area contributed by atoms with Gasteiger partial charge in [0.15, 0.2) is 11.7 Å². The molecule has 0 amide bonds. The molecule has 3 N–H and O–H groups in total. The number of aromatic nitrogens is 3. The molecule has 158 valence electrons. The normalized spacial score (nSPS) is 11.7. The van der Waals surface area contributed by atoms with Crippen LogP contribution in [0.15, 0.2) is 39.8 Å². The third kappa shape index (κ3) is 6.45. The zero-order chi connectivity index (χ0) is 19.8. The molecule has 0 radical (unpaired) electrons. The summed E-state index contributed by atoms with van der Waals surface area (Å²) in [7, 11) is 1.77. The third-order valence-corrected chi connectivity index (χ3v) is 4.96. The van der Waals surface area contributed by atoms with Gasteiger partial charge in [-0.05, 0) is 31.4 Å². The van der Waals surface area contributed by atoms with E-state index in [0.717, 1.165) is 66.5 Å². The number of hydrogen-bond donors (Lipinski definition) is 3. The molecule has 0 atom stereocenters. The van der Waals surface area contributed by atoms with Gasteiger partial charge in [-0.1, -0.05) is 31.1 Å². The maximum atomic E-state index is 5.45. The van der Waals surface area contributed by atoms with Gasteiger partial charge in [0.05, 0.1) is 23.3 Å². The van der Waals surface area contributed by atoms with E-state index in [0.29, 0.717) is 12.5 Å². The Morgan fingerprint density at radius 3 is 2.72 bits per heavy atom. The summed E-state index contributed by atoms with van der Waals surface area (Å²) in [5.74, 6) is 3.06. The van der Waals surface area contributed by atoms with Gasteiger partial charge >= 0.3 is 0 Å². The second-order valence-electron chi connectivity index (χ2n) is 6.89. The first-order valence-corrected chi connectivity index (χ1v) is 10.1. The van der Waals surface area contributed by atoms with Crippen LogP contribution in [0.2, 0.25) is 0 Å². The van der Waals surface area contributed by atoms with Crippen LogP contribution in [-0.2, 0) is 13.0 Å². The average Bonchev–Trinajstić information content (AvgIpc) is 3.35. The van der Waals surface area contributed by atoms with Gasteiger partial charge in [0.2, 0.25) is 0 Å². The van der Waals surface area contributed by atoms with Crippen molar-refractivity contribution in [2.24, 2.45) is 4.99 Å². The molecule has 0 unspecified atom stereocenters. The quantitative estimate of drug-likeness (QED) is 0.172. The zero-order valence-electron chi connectivity index (χ0n) is 17.4. The Kier molecular flexibility index (Phi) is 9.43. The van der Waals surface area contributed by atoms with E-state index in [1.807, 2.05) is 30.3 Å². The number of hydrogen-bond acceptors (Lipinski definition) is 4. The monoisotopic (exact) mass is 510 g/mol. The van der Waals surface area contributed by atoms with Crippen LogP contribution in [0, 0.1) is 0 Å². The molecule has 0 aliphatic carbocycles. The van der Waals surface area contributed by atoms with E-state index in [4.69, 9.17) is 4.52 Å². The number of aliphatic imine (C=N–C) groups is 1. The molecule has 8 heteroatoms. The van der Waals surface area contributed by atoms with E-state index in [-0.39, 0.29) is 24.0 Å². The predicted molar refractivity (Wildman–Crippen MR) is 128 cm³/mol. The summed E-state index contributed by atoms with van der Waals surface area (Å²) in [6, 6.07) is 10.1. The fourth-order valence-electron chi connectivity index (χ4n) is 3.29. The number of halogens is 1. The number of imidazole rings is 1. The fraction of sp³-hybridized carbons (Fsp3) is 0.476. The largest absolute Gasteiger partial charge is 0.359 e. The number of aromatic amines is 1. The van der Waals surface area contributed by atoms with Crippen LogP contribution < -0.4 is 10.6 Å². The van der Waals surface area contributed by atoms with Crippen LogP contribution in [0.1, 0.15) is 56.3 Å². The van der Waals surface area contributed by atoms with Gasteiger partial charge in [0.1, 0.15) is 5.82 Å². The predicted octanol–water partition coefficient (Wildman–Crippen LogP) is 4.37. The molecule has 29 heavy (non-hydrogen) atoms. The van der Waals surface area contributed by atoms with Gasteiger partial charge in [-0.3, -0.25) is 4.99 Å². The Bertz CT molecular complexity index is 866. The van der Waals surface area contributed by atoms with E-state index < -0.39 is 0 Å². The molecule has 3 rings (SSSR count). The lowest BCUT2D eigenvalue weighted by molar-refractivity contribution is 0.368. The Balaban J connectivity index is 0.00000300. The second kappa shape index (κ2) is 11.8. The Hall–Kier alpha value is -2.10. The number of guanidine groups is 1. The highest BCUT2D eigenvalue weighted by atomic mass is 127. The summed E-state index contributed by atoms with van der Waals surface area (Å²) in [5.41, 5.74) is 3.14. The van der Waals surface area contributed by atoms with Crippen LogP contribution in [0.25, 0.3) is 11.0 Å². The molecule has 0 fully saturated rings. The minimum absolute atomic E-state index is 0. The maximum absolute atomic E-state index is 5.45. The van der Waals surface area contributed by atoms with Crippen LogP contribution >= 0.6 is 24.0 Å². The molecule has 0 aliphatic heterocycles. The number of aryl methyl sites for hydroxylation is 1. The van der Waals surface area contributed by atoms with Crippen molar-refractivity contribution in [1.82, 2.24) is 25.8 Å². The molecule has 0 spiro atoms. The van der Waals surface area contributed by atoms with Crippen molar-refractivity contribution in [3.63, 3.8) is 0 Å². The number of benzene rings is 1. The molecule has 7 nitrogen and oxygen atoms in total. The third-order valence-electron chi connectivity index (χ3n) is 4.96. The molecular weight excluding hydrogens is 479 g/mol. The first-order chi connectivity index (χ1) is 13.7. The lowest BCUT2D eigenvalue weighted by atomic mass is 9.99. The van der Waals surface area contributed by atoms with Crippen LogP contribution in [0.3, 0.4) is 0 Å². The van der Waals surface area contributed by atoms with Crippen molar-refractivity contribution in [3.8, 4) is 0 Å². The summed E-state index contributed by atoms with van der Waals surface area (Å²) < 4.78 is 5.45. The Morgan fingerprint density at radius 1 is 1.21 bits per heavy atom. The molecule has 2 aromatic heterocycles. The van der Waals surface area contributed by atoms with E-state index >= 15 is 0 Å². The number of H-pyrrole nitrogens is 1. The molecule has 1 aromatic carbocycles. The van der Waals surface area contributed by atoms with E-state index in [2.05, 4.69) is 44.6 Å². The molecule has 3 aromatic rings. The van der Waals surface area contributed by atoms with Gasteiger partial charge in [0.25, 0.3) is 0 Å². The number of rotatable bonds is 9. The lowest BCUT2D eigenvalue weighted by Gasteiger charge is -2.10. The standard InChI is InChI=1S/C21H30N6O.HI/c1-4-15(5-2)19-13-16(28-27-19)14-24-21(22-3)23-12-8-11-20-25-17-9-6-7-10-18(17)26-20;/h6-7,9-10,13,15H,4-5,8,11-12,14H2,1-3H3,(H,25,26)(H2,22,23,24);1H. The number of nitrogens with one attached hydrogen (secondary N) is 3. The summed E-state index contributed by atoms with van der Waals surface area (Å²) >= 11 is 0. The Labute approximate surface area is 189 Å². The maximum Gasteiger partial charge on any atom is 0.191 e. The van der Waals surface area contributed by atoms with Crippen LogP contribution in [0.4, 0.5) is 0 Å². The second-order valence-corrected chi connectivity index (χ2v) is 6.89. The highest BCUT2D eigenvalue weighted by Gasteiger charge is 2.13. The number of fused-ring (bicyclic) bond motifs is 1. The highest BCUT2D eigenvalue weighted by Crippen LogP contribution is 2.22. The molecule has 0 bridgehead atoms. The van der Waals surface area contributed by atoms with Crippen molar-refractivity contribution in [2.75, 3.05) is 13.6 Å². The number of nitrogens with zero attached hydrogens (tertiary/aromatic N) is 3. The SMILES string of the molecule is CCC(CC)c1cc(CNC(=NC)NCCCc2nc3ccccc3[nH]2)on1.I. The first-order valence-electron chi connectivity index (χ1n) is 10.1. The van der Waals surface area contributed by atoms with Crippen molar-refractivity contribution in [3.05, 3.63) is 47.6 Å². The Morgan fingerprint density at radius 2 is 2.00 bits per heavy atom. The highest BCUT2D eigenvalue weighted by molar-refractivity contribution is 14.0. The fourth-order valence-corrected chi connectivity index (χ4v) is 3.29. The number of para-hydroxylation sites is 2. The van der Waals surface area contributed by atoms with E-state index in [9.17, 15) is 0 Å². The zero-order valence-corrected chi connectivity index (χ0v) is 19.7. The van der Waals surface area contributed by atoms with E-state index in [1.54, 1.807) is 7.05 Å². The summed E-state index contributed by atoms with van der Waals surface area (Å²) in [4.78, 5) is 12.2.